The number of nitrogens with one attached hydrogen (secondary N) is 1. The highest BCUT2D eigenvalue weighted by Gasteiger charge is 2.27. The number of ether oxygens (including phenoxy) is 3. The van der Waals surface area contributed by atoms with Gasteiger partial charge in [0, 0.05) is 17.6 Å². The summed E-state index contributed by atoms with van der Waals surface area (Å²) in [6, 6.07) is 12.4. The molecule has 0 saturated carbocycles. The van der Waals surface area contributed by atoms with Gasteiger partial charge >= 0.3 is 11.9 Å². The first-order valence-corrected chi connectivity index (χ1v) is 11.7. The van der Waals surface area contributed by atoms with Gasteiger partial charge in [0.15, 0.2) is 0 Å². The van der Waals surface area contributed by atoms with Gasteiger partial charge in [-0.05, 0) is 67.6 Å². The number of sulfonamides is 1. The molecule has 0 bridgehead atoms. The first kappa shape index (κ1) is 24.6. The fourth-order valence-electron chi connectivity index (χ4n) is 3.15. The Hall–Kier alpha value is -4.05. The molecule has 1 N–H and O–H groups in total. The molecule has 2 aromatic carbocycles. The summed E-state index contributed by atoms with van der Waals surface area (Å²) >= 11 is 0. The van der Waals surface area contributed by atoms with Crippen LogP contribution in [0, 0.1) is 0 Å². The highest BCUT2D eigenvalue weighted by Crippen LogP contribution is 2.28. The SMILES string of the molecule is CCOc1ccc(NS(=O)(=O)c2ccc(N3C=CC=CC(C(=O)OC)=C3C(=O)OC)cc2)cc1. The van der Waals surface area contributed by atoms with Crippen LogP contribution in [0.15, 0.2) is 89.1 Å². The lowest BCUT2D eigenvalue weighted by Crippen LogP contribution is -2.27. The summed E-state index contributed by atoms with van der Waals surface area (Å²) in [6.07, 6.45) is 6.19. The molecular weight excluding hydrogens is 460 g/mol. The number of hydrogen-bond acceptors (Lipinski definition) is 8. The molecule has 0 atom stereocenters. The molecule has 10 heteroatoms. The van der Waals surface area contributed by atoms with E-state index in [4.69, 9.17) is 14.2 Å². The van der Waals surface area contributed by atoms with Gasteiger partial charge in [0.05, 0.1) is 31.3 Å². The molecule has 0 fully saturated rings. The summed E-state index contributed by atoms with van der Waals surface area (Å²) in [5.74, 6) is -0.842. The average molecular weight is 485 g/mol. The number of methoxy groups -OCH3 is 2. The summed E-state index contributed by atoms with van der Waals surface area (Å²) in [6.45, 7) is 2.37. The Kier molecular flexibility index (Phi) is 7.75. The first-order valence-electron chi connectivity index (χ1n) is 10.2. The number of hydrogen-bond donors (Lipinski definition) is 1. The van der Waals surface area contributed by atoms with Crippen molar-refractivity contribution in [3.05, 3.63) is 84.2 Å². The summed E-state index contributed by atoms with van der Waals surface area (Å²) in [7, 11) is -1.47. The maximum atomic E-state index is 12.8. The van der Waals surface area contributed by atoms with Gasteiger partial charge in [0.1, 0.15) is 11.4 Å². The number of carbonyl (C=O) groups is 2. The van der Waals surface area contributed by atoms with E-state index >= 15 is 0 Å². The largest absolute Gasteiger partial charge is 0.494 e. The third-order valence-electron chi connectivity index (χ3n) is 4.73. The molecule has 0 radical (unpaired) electrons. The predicted octanol–water partition coefficient (Wildman–Crippen LogP) is 3.38. The van der Waals surface area contributed by atoms with Gasteiger partial charge in [-0.1, -0.05) is 6.08 Å². The number of anilines is 2. The van der Waals surface area contributed by atoms with Crippen LogP contribution in [0.4, 0.5) is 11.4 Å². The molecule has 1 heterocycles. The number of nitrogens with zero attached hydrogens (tertiary/aromatic N) is 1. The van der Waals surface area contributed by atoms with Crippen LogP contribution in [0.25, 0.3) is 0 Å². The van der Waals surface area contributed by atoms with Crippen LogP contribution < -0.4 is 14.4 Å². The molecule has 0 unspecified atom stereocenters. The van der Waals surface area contributed by atoms with Crippen molar-refractivity contribution in [3.8, 4) is 5.75 Å². The smallest absolute Gasteiger partial charge is 0.355 e. The Bertz CT molecular complexity index is 1250. The van der Waals surface area contributed by atoms with E-state index in [9.17, 15) is 18.0 Å². The molecule has 9 nitrogen and oxygen atoms in total. The second-order valence-corrected chi connectivity index (χ2v) is 8.56. The van der Waals surface area contributed by atoms with E-state index in [1.807, 2.05) is 6.92 Å². The van der Waals surface area contributed by atoms with Crippen molar-refractivity contribution in [2.45, 2.75) is 11.8 Å². The Balaban J connectivity index is 1.91. The zero-order chi connectivity index (χ0) is 24.7. The lowest BCUT2D eigenvalue weighted by Gasteiger charge is -2.23. The van der Waals surface area contributed by atoms with E-state index in [1.165, 1.54) is 49.5 Å². The Labute approximate surface area is 198 Å². The van der Waals surface area contributed by atoms with Crippen molar-refractivity contribution in [1.29, 1.82) is 0 Å². The second kappa shape index (κ2) is 10.7. The van der Waals surface area contributed by atoms with E-state index in [-0.39, 0.29) is 16.2 Å². The van der Waals surface area contributed by atoms with Crippen molar-refractivity contribution in [2.24, 2.45) is 0 Å². The normalized spacial score (nSPS) is 13.3. The van der Waals surface area contributed by atoms with Crippen molar-refractivity contribution < 1.29 is 32.2 Å². The van der Waals surface area contributed by atoms with Crippen LogP contribution in [-0.4, -0.2) is 41.2 Å². The van der Waals surface area contributed by atoms with Gasteiger partial charge in [0.2, 0.25) is 0 Å². The highest BCUT2D eigenvalue weighted by molar-refractivity contribution is 7.92. The van der Waals surface area contributed by atoms with Gasteiger partial charge < -0.3 is 19.1 Å². The van der Waals surface area contributed by atoms with Crippen molar-refractivity contribution >= 4 is 33.3 Å². The van der Waals surface area contributed by atoms with Crippen LogP contribution in [0.2, 0.25) is 0 Å². The van der Waals surface area contributed by atoms with Gasteiger partial charge in [-0.25, -0.2) is 18.0 Å². The molecular formula is C24H24N2O7S. The van der Waals surface area contributed by atoms with Gasteiger partial charge in [-0.15, -0.1) is 0 Å². The summed E-state index contributed by atoms with van der Waals surface area (Å²) in [5.41, 5.74) is 0.741. The molecule has 0 aromatic heterocycles. The fraction of sp³-hybridized carbons (Fsp3) is 0.167. The Morgan fingerprint density at radius 2 is 1.56 bits per heavy atom. The topological polar surface area (TPSA) is 111 Å². The monoisotopic (exact) mass is 484 g/mol. The number of carbonyl (C=O) groups excluding carboxylic acids is 2. The lowest BCUT2D eigenvalue weighted by atomic mass is 10.1. The van der Waals surface area contributed by atoms with E-state index in [0.29, 0.717) is 23.7 Å². The number of benzene rings is 2. The van der Waals surface area contributed by atoms with Crippen LogP contribution in [0.3, 0.4) is 0 Å². The molecule has 34 heavy (non-hydrogen) atoms. The lowest BCUT2D eigenvalue weighted by molar-refractivity contribution is -0.139. The number of esters is 2. The number of rotatable bonds is 8. The van der Waals surface area contributed by atoms with Gasteiger partial charge in [-0.3, -0.25) is 4.72 Å². The zero-order valence-electron chi connectivity index (χ0n) is 18.8. The highest BCUT2D eigenvalue weighted by atomic mass is 32.2. The van der Waals surface area contributed by atoms with E-state index < -0.39 is 22.0 Å². The maximum Gasteiger partial charge on any atom is 0.355 e. The molecule has 2 aromatic rings. The molecule has 1 aliphatic rings. The van der Waals surface area contributed by atoms with Gasteiger partial charge in [-0.2, -0.15) is 0 Å². The summed E-state index contributed by atoms with van der Waals surface area (Å²) < 4.78 is 43.2. The molecule has 0 aliphatic carbocycles. The van der Waals surface area contributed by atoms with Gasteiger partial charge in [0.25, 0.3) is 10.0 Å². The van der Waals surface area contributed by atoms with Crippen LogP contribution in [0.1, 0.15) is 6.92 Å². The molecule has 0 amide bonds. The van der Waals surface area contributed by atoms with E-state index in [1.54, 1.807) is 42.6 Å². The summed E-state index contributed by atoms with van der Waals surface area (Å²) in [5, 5.41) is 0. The molecule has 178 valence electrons. The molecule has 1 aliphatic heterocycles. The minimum Gasteiger partial charge on any atom is -0.494 e. The minimum absolute atomic E-state index is 0.00628. The predicted molar refractivity (Wildman–Crippen MR) is 127 cm³/mol. The number of allylic oxidation sites excluding steroid dienone is 2. The van der Waals surface area contributed by atoms with Crippen molar-refractivity contribution in [2.75, 3.05) is 30.4 Å². The Morgan fingerprint density at radius 1 is 0.912 bits per heavy atom. The molecule has 0 saturated heterocycles. The van der Waals surface area contributed by atoms with Crippen molar-refractivity contribution in [3.63, 3.8) is 0 Å². The maximum absolute atomic E-state index is 12.8. The van der Waals surface area contributed by atoms with Crippen molar-refractivity contribution in [1.82, 2.24) is 0 Å². The third-order valence-corrected chi connectivity index (χ3v) is 6.13. The minimum atomic E-state index is -3.87. The average Bonchev–Trinajstić information content (AvgIpc) is 3.07. The molecule has 0 spiro atoms. The zero-order valence-corrected chi connectivity index (χ0v) is 19.7. The van der Waals surface area contributed by atoms with Crippen LogP contribution in [-0.2, 0) is 29.1 Å². The quantitative estimate of drug-likeness (QED) is 0.568. The second-order valence-electron chi connectivity index (χ2n) is 6.87. The van der Waals surface area contributed by atoms with E-state index in [2.05, 4.69) is 4.72 Å². The van der Waals surface area contributed by atoms with Crippen LogP contribution in [0.5, 0.6) is 5.75 Å². The molecule has 3 rings (SSSR count). The third kappa shape index (κ3) is 5.46. The fourth-order valence-corrected chi connectivity index (χ4v) is 4.21. The van der Waals surface area contributed by atoms with Crippen LogP contribution >= 0.6 is 0 Å². The van der Waals surface area contributed by atoms with E-state index in [0.717, 1.165) is 0 Å². The summed E-state index contributed by atoms with van der Waals surface area (Å²) in [4.78, 5) is 26.2. The Morgan fingerprint density at radius 3 is 2.15 bits per heavy atom. The first-order chi connectivity index (χ1) is 16.3. The standard InChI is InChI=1S/C24H24N2O7S/c1-4-33-19-12-8-17(9-13-19)25-34(29,30)20-14-10-18(11-15-20)26-16-6-5-7-21(23(27)31-2)22(26)24(28)32-3/h5-16,25H,4H2,1-3H3.